The second-order valence-corrected chi connectivity index (χ2v) is 11.2. The average molecular weight is 573 g/mol. The number of carboxylic acid groups (broad SMARTS) is 1. The van der Waals surface area contributed by atoms with Gasteiger partial charge in [0.05, 0.1) is 18.0 Å². The van der Waals surface area contributed by atoms with E-state index in [-0.39, 0.29) is 25.4 Å². The van der Waals surface area contributed by atoms with E-state index < -0.39 is 29.6 Å². The van der Waals surface area contributed by atoms with Gasteiger partial charge in [0.15, 0.2) is 0 Å². The van der Waals surface area contributed by atoms with Crippen LogP contribution >= 0.6 is 0 Å². The van der Waals surface area contributed by atoms with E-state index in [1.54, 1.807) is 62.1 Å². The van der Waals surface area contributed by atoms with Crippen molar-refractivity contribution in [2.24, 2.45) is 0 Å². The fraction of sp³-hybridized carbons (Fsp3) is 0.312. The summed E-state index contributed by atoms with van der Waals surface area (Å²) in [6.45, 7) is 6.22. The summed E-state index contributed by atoms with van der Waals surface area (Å²) in [7, 11) is 0. The Morgan fingerprint density at radius 1 is 1.00 bits per heavy atom. The third-order valence-electron chi connectivity index (χ3n) is 6.55. The van der Waals surface area contributed by atoms with E-state index in [0.717, 1.165) is 11.1 Å². The molecule has 0 aliphatic carbocycles. The Bertz CT molecular complexity index is 1450. The molecule has 4 rings (SSSR count). The van der Waals surface area contributed by atoms with Crippen LogP contribution in [0, 0.1) is 0 Å². The summed E-state index contributed by atoms with van der Waals surface area (Å²) in [6, 6.07) is 21.1. The van der Waals surface area contributed by atoms with Crippen molar-refractivity contribution >= 4 is 35.3 Å². The van der Waals surface area contributed by atoms with Crippen molar-refractivity contribution in [1.29, 1.82) is 0 Å². The van der Waals surface area contributed by atoms with Gasteiger partial charge in [-0.3, -0.25) is 14.4 Å². The molecule has 1 aliphatic heterocycles. The molecule has 0 radical (unpaired) electrons. The third kappa shape index (κ3) is 8.57. The molecule has 10 heteroatoms. The second kappa shape index (κ2) is 13.2. The number of hydrogen-bond acceptors (Lipinski definition) is 6. The highest BCUT2D eigenvalue weighted by Gasteiger charge is 2.29. The molecule has 0 spiro atoms. The van der Waals surface area contributed by atoms with Crippen LogP contribution in [0.1, 0.15) is 59.0 Å². The molecule has 0 aromatic heterocycles. The van der Waals surface area contributed by atoms with Gasteiger partial charge in [0.25, 0.3) is 11.8 Å². The van der Waals surface area contributed by atoms with Gasteiger partial charge in [-0.05, 0) is 68.7 Å². The topological polar surface area (TPSA) is 137 Å². The maximum atomic E-state index is 13.5. The number of carbonyl (C=O) groups excluding carboxylic acids is 3. The minimum Gasteiger partial charge on any atom is -0.481 e. The van der Waals surface area contributed by atoms with Crippen LogP contribution in [0.4, 0.5) is 16.2 Å². The first-order chi connectivity index (χ1) is 20.0. The summed E-state index contributed by atoms with van der Waals surface area (Å²) in [5, 5.41) is 18.2. The number of amides is 3. The molecular formula is C32H36N4O6. The van der Waals surface area contributed by atoms with Crippen LogP contribution in [0.2, 0.25) is 0 Å². The van der Waals surface area contributed by atoms with Gasteiger partial charge in [-0.15, -0.1) is 0 Å². The predicted molar refractivity (Wildman–Crippen MR) is 160 cm³/mol. The molecule has 0 saturated heterocycles. The number of hydrogen-bond donors (Lipinski definition) is 4. The maximum absolute atomic E-state index is 13.5. The Morgan fingerprint density at radius 2 is 1.74 bits per heavy atom. The molecule has 10 nitrogen and oxygen atoms in total. The first kappa shape index (κ1) is 30.1. The Hall–Kier alpha value is -4.86. The van der Waals surface area contributed by atoms with Gasteiger partial charge >= 0.3 is 12.1 Å². The highest BCUT2D eigenvalue weighted by atomic mass is 16.6. The summed E-state index contributed by atoms with van der Waals surface area (Å²) in [4.78, 5) is 51.9. The quantitative estimate of drug-likeness (QED) is 0.286. The molecule has 1 atom stereocenters. The lowest BCUT2D eigenvalue weighted by atomic mass is 10.1. The Labute approximate surface area is 245 Å². The number of fused-ring (bicyclic) bond motifs is 1. The van der Waals surface area contributed by atoms with Crippen molar-refractivity contribution in [3.05, 3.63) is 95.1 Å². The predicted octanol–water partition coefficient (Wildman–Crippen LogP) is 4.92. The van der Waals surface area contributed by atoms with E-state index in [9.17, 15) is 24.3 Å². The van der Waals surface area contributed by atoms with Crippen molar-refractivity contribution in [2.75, 3.05) is 23.7 Å². The maximum Gasteiger partial charge on any atom is 0.407 e. The van der Waals surface area contributed by atoms with Crippen molar-refractivity contribution in [1.82, 2.24) is 10.2 Å². The minimum atomic E-state index is -0.985. The Balaban J connectivity index is 1.47. The lowest BCUT2D eigenvalue weighted by Crippen LogP contribution is -2.39. The molecule has 3 aromatic carbocycles. The van der Waals surface area contributed by atoms with Crippen LogP contribution < -0.4 is 16.0 Å². The molecule has 3 amide bonds. The largest absolute Gasteiger partial charge is 0.481 e. The van der Waals surface area contributed by atoms with Gasteiger partial charge in [-0.1, -0.05) is 42.5 Å². The van der Waals surface area contributed by atoms with Crippen LogP contribution in [-0.4, -0.2) is 58.6 Å². The lowest BCUT2D eigenvalue weighted by molar-refractivity contribution is -0.137. The van der Waals surface area contributed by atoms with Crippen LogP contribution in [0.15, 0.2) is 72.8 Å². The number of alkyl carbamates (subject to hydrolysis) is 1. The molecule has 0 saturated carbocycles. The molecule has 4 N–H and O–H groups in total. The summed E-state index contributed by atoms with van der Waals surface area (Å²) in [6.07, 6.45) is -0.0901. The number of carbonyl (C=O) groups is 4. The molecule has 220 valence electrons. The molecule has 0 bridgehead atoms. The highest BCUT2D eigenvalue weighted by molar-refractivity contribution is 6.07. The van der Waals surface area contributed by atoms with Gasteiger partial charge in [0.2, 0.25) is 0 Å². The summed E-state index contributed by atoms with van der Waals surface area (Å²) in [5.74, 6) is -1.61. The summed E-state index contributed by atoms with van der Waals surface area (Å²) < 4.78 is 5.26. The molecule has 42 heavy (non-hydrogen) atoms. The summed E-state index contributed by atoms with van der Waals surface area (Å²) >= 11 is 0. The highest BCUT2D eigenvalue weighted by Crippen LogP contribution is 2.26. The van der Waals surface area contributed by atoms with Crippen LogP contribution in [0.25, 0.3) is 0 Å². The van der Waals surface area contributed by atoms with Gasteiger partial charge in [0.1, 0.15) is 5.60 Å². The molecule has 0 fully saturated rings. The first-order valence-corrected chi connectivity index (χ1v) is 13.8. The second-order valence-electron chi connectivity index (χ2n) is 11.2. The number of benzene rings is 3. The number of aliphatic carboxylic acids is 1. The molecule has 3 aromatic rings. The van der Waals surface area contributed by atoms with Crippen molar-refractivity contribution in [3.63, 3.8) is 0 Å². The fourth-order valence-electron chi connectivity index (χ4n) is 4.65. The molecule has 1 heterocycles. The van der Waals surface area contributed by atoms with Crippen molar-refractivity contribution < 1.29 is 29.0 Å². The molecular weight excluding hydrogens is 536 g/mol. The SMILES string of the molecule is CC(C)(C)OC(=O)NCc1cccc(NC(=O)c2ccc3c(c2)NC(CC(=O)O)CN(CCc2ccccc2)C3=O)c1. The van der Waals surface area contributed by atoms with Crippen LogP contribution in [0.3, 0.4) is 0 Å². The smallest absolute Gasteiger partial charge is 0.407 e. The average Bonchev–Trinajstić information content (AvgIpc) is 3.05. The van der Waals surface area contributed by atoms with Gasteiger partial charge < -0.3 is 30.7 Å². The fourth-order valence-corrected chi connectivity index (χ4v) is 4.65. The van der Waals surface area contributed by atoms with Gasteiger partial charge in [-0.2, -0.15) is 0 Å². The number of rotatable bonds is 9. The number of nitrogens with zero attached hydrogens (tertiary/aromatic N) is 1. The van der Waals surface area contributed by atoms with E-state index in [1.165, 1.54) is 0 Å². The zero-order chi connectivity index (χ0) is 30.3. The van der Waals surface area contributed by atoms with E-state index in [4.69, 9.17) is 4.74 Å². The zero-order valence-electron chi connectivity index (χ0n) is 24.0. The molecule has 1 unspecified atom stereocenters. The number of nitrogens with one attached hydrogen (secondary N) is 3. The van der Waals surface area contributed by atoms with E-state index >= 15 is 0 Å². The minimum absolute atomic E-state index is 0.185. The standard InChI is InChI=1S/C32H36N4O6/c1-32(2,3)42-31(41)33-19-22-10-7-11-24(16-22)35-29(39)23-12-13-26-27(17-23)34-25(18-28(37)38)20-36(30(26)40)15-14-21-8-5-4-6-9-21/h4-13,16-17,25,34H,14-15,18-20H2,1-3H3,(H,33,41)(H,35,39)(H,37,38). The zero-order valence-corrected chi connectivity index (χ0v) is 24.0. The normalized spacial score (nSPS) is 14.7. The number of ether oxygens (including phenoxy) is 1. The van der Waals surface area contributed by atoms with E-state index in [1.807, 2.05) is 36.4 Å². The number of anilines is 2. The number of carboxylic acids is 1. The lowest BCUT2D eigenvalue weighted by Gasteiger charge is -2.24. The van der Waals surface area contributed by atoms with Crippen molar-refractivity contribution in [2.45, 2.75) is 51.8 Å². The van der Waals surface area contributed by atoms with E-state index in [0.29, 0.717) is 35.5 Å². The van der Waals surface area contributed by atoms with Crippen molar-refractivity contribution in [3.8, 4) is 0 Å². The summed E-state index contributed by atoms with van der Waals surface area (Å²) in [5.41, 5.74) is 2.85. The first-order valence-electron chi connectivity index (χ1n) is 13.8. The third-order valence-corrected chi connectivity index (χ3v) is 6.55. The molecule has 1 aliphatic rings. The van der Waals surface area contributed by atoms with Gasteiger partial charge in [0, 0.05) is 36.6 Å². The Morgan fingerprint density at radius 3 is 2.45 bits per heavy atom. The monoisotopic (exact) mass is 572 g/mol. The Kier molecular flexibility index (Phi) is 9.46. The van der Waals surface area contributed by atoms with Crippen LogP contribution in [0.5, 0.6) is 0 Å². The van der Waals surface area contributed by atoms with Gasteiger partial charge in [-0.25, -0.2) is 4.79 Å². The van der Waals surface area contributed by atoms with E-state index in [2.05, 4.69) is 16.0 Å². The van der Waals surface area contributed by atoms with Crippen LogP contribution in [-0.2, 0) is 22.5 Å².